The van der Waals surface area contributed by atoms with Crippen molar-refractivity contribution in [3.8, 4) is 0 Å². The van der Waals surface area contributed by atoms with Crippen LogP contribution in [0.2, 0.25) is 0 Å². The molecule has 7 heteroatoms. The Labute approximate surface area is 161 Å². The van der Waals surface area contributed by atoms with Crippen molar-refractivity contribution in [2.45, 2.75) is 52.2 Å². The molecule has 0 aliphatic carbocycles. The van der Waals surface area contributed by atoms with Gasteiger partial charge in [0, 0.05) is 38.1 Å². The summed E-state index contributed by atoms with van der Waals surface area (Å²) in [7, 11) is 0. The van der Waals surface area contributed by atoms with Gasteiger partial charge in [0.15, 0.2) is 5.96 Å². The summed E-state index contributed by atoms with van der Waals surface area (Å²) < 4.78 is 0. The van der Waals surface area contributed by atoms with Crippen LogP contribution in [-0.2, 0) is 6.54 Å². The number of aliphatic hydroxyl groups is 1. The Kier molecular flexibility index (Phi) is 7.28. The molecule has 0 bridgehead atoms. The van der Waals surface area contributed by atoms with Crippen molar-refractivity contribution in [3.05, 3.63) is 16.1 Å². The molecule has 2 aliphatic rings. The molecule has 0 unspecified atom stereocenters. The first-order valence-electron chi connectivity index (χ1n) is 9.98. The number of aromatic nitrogens is 1. The van der Waals surface area contributed by atoms with Gasteiger partial charge in [-0.05, 0) is 58.5 Å². The van der Waals surface area contributed by atoms with Gasteiger partial charge in [-0.3, -0.25) is 9.89 Å². The molecule has 146 valence electrons. The van der Waals surface area contributed by atoms with Crippen LogP contribution in [0.15, 0.2) is 10.4 Å². The Morgan fingerprint density at radius 1 is 1.27 bits per heavy atom. The van der Waals surface area contributed by atoms with Gasteiger partial charge in [0.05, 0.1) is 16.8 Å². The Bertz CT molecular complexity index is 574. The van der Waals surface area contributed by atoms with Gasteiger partial charge in [0.2, 0.25) is 0 Å². The minimum Gasteiger partial charge on any atom is -0.393 e. The number of thiazole rings is 1. The SMILES string of the molecule is CCNC(=NCC1CCN(Cc2csc(C)n2)CC1)N1CCC(O)CC1. The fourth-order valence-corrected chi connectivity index (χ4v) is 4.36. The van der Waals surface area contributed by atoms with Crippen molar-refractivity contribution in [2.75, 3.05) is 39.3 Å². The highest BCUT2D eigenvalue weighted by atomic mass is 32.1. The molecule has 2 aliphatic heterocycles. The average Bonchev–Trinajstić information content (AvgIpc) is 3.05. The van der Waals surface area contributed by atoms with E-state index < -0.39 is 0 Å². The summed E-state index contributed by atoms with van der Waals surface area (Å²) in [5.41, 5.74) is 1.21. The number of likely N-dealkylation sites (tertiary alicyclic amines) is 2. The molecule has 0 amide bonds. The summed E-state index contributed by atoms with van der Waals surface area (Å²) in [6.07, 6.45) is 3.98. The van der Waals surface area contributed by atoms with E-state index in [-0.39, 0.29) is 6.10 Å². The minimum atomic E-state index is -0.139. The highest BCUT2D eigenvalue weighted by Gasteiger charge is 2.22. The van der Waals surface area contributed by atoms with Crippen LogP contribution in [0.3, 0.4) is 0 Å². The van der Waals surface area contributed by atoms with Crippen LogP contribution >= 0.6 is 11.3 Å². The van der Waals surface area contributed by atoms with Crippen molar-refractivity contribution < 1.29 is 5.11 Å². The van der Waals surface area contributed by atoms with E-state index in [0.717, 1.165) is 69.6 Å². The summed E-state index contributed by atoms with van der Waals surface area (Å²) in [5, 5.41) is 16.5. The minimum absolute atomic E-state index is 0.139. The molecule has 0 atom stereocenters. The highest BCUT2D eigenvalue weighted by molar-refractivity contribution is 7.09. The average molecular weight is 380 g/mol. The van der Waals surface area contributed by atoms with Gasteiger partial charge in [0.1, 0.15) is 0 Å². The summed E-state index contributed by atoms with van der Waals surface area (Å²) in [6, 6.07) is 0. The number of nitrogens with one attached hydrogen (secondary N) is 1. The largest absolute Gasteiger partial charge is 0.393 e. The predicted octanol–water partition coefficient (Wildman–Crippen LogP) is 2.09. The number of hydrogen-bond donors (Lipinski definition) is 2. The molecule has 0 spiro atoms. The van der Waals surface area contributed by atoms with Crippen molar-refractivity contribution in [1.82, 2.24) is 20.1 Å². The third-order valence-corrected chi connectivity index (χ3v) is 6.18. The van der Waals surface area contributed by atoms with E-state index in [1.54, 1.807) is 11.3 Å². The second-order valence-electron chi connectivity index (χ2n) is 7.49. The van der Waals surface area contributed by atoms with Crippen molar-refractivity contribution in [2.24, 2.45) is 10.9 Å². The lowest BCUT2D eigenvalue weighted by atomic mass is 9.97. The Hall–Kier alpha value is -1.18. The van der Waals surface area contributed by atoms with Gasteiger partial charge in [-0.1, -0.05) is 0 Å². The van der Waals surface area contributed by atoms with Crippen LogP contribution in [0.5, 0.6) is 0 Å². The highest BCUT2D eigenvalue weighted by Crippen LogP contribution is 2.20. The molecule has 3 heterocycles. The number of hydrogen-bond acceptors (Lipinski definition) is 5. The number of aliphatic imine (C=N–C) groups is 1. The summed E-state index contributed by atoms with van der Waals surface area (Å²) in [5.74, 6) is 1.70. The van der Waals surface area contributed by atoms with Crippen LogP contribution in [0.4, 0.5) is 0 Å². The number of guanidine groups is 1. The van der Waals surface area contributed by atoms with Gasteiger partial charge in [0.25, 0.3) is 0 Å². The number of piperidine rings is 2. The molecule has 26 heavy (non-hydrogen) atoms. The van der Waals surface area contributed by atoms with Crippen LogP contribution in [0, 0.1) is 12.8 Å². The summed E-state index contributed by atoms with van der Waals surface area (Å²) in [6.45, 7) is 11.1. The molecule has 3 rings (SSSR count). The molecule has 0 aromatic carbocycles. The zero-order valence-electron chi connectivity index (χ0n) is 16.2. The zero-order valence-corrected chi connectivity index (χ0v) is 17.0. The fourth-order valence-electron chi connectivity index (χ4n) is 3.76. The Balaban J connectivity index is 1.45. The van der Waals surface area contributed by atoms with E-state index in [1.807, 2.05) is 0 Å². The molecule has 2 saturated heterocycles. The van der Waals surface area contributed by atoms with E-state index in [2.05, 4.69) is 39.3 Å². The quantitative estimate of drug-likeness (QED) is 0.606. The van der Waals surface area contributed by atoms with Crippen molar-refractivity contribution >= 4 is 17.3 Å². The predicted molar refractivity (Wildman–Crippen MR) is 108 cm³/mol. The van der Waals surface area contributed by atoms with E-state index in [0.29, 0.717) is 5.92 Å². The van der Waals surface area contributed by atoms with Crippen molar-refractivity contribution in [3.63, 3.8) is 0 Å². The molecule has 6 nitrogen and oxygen atoms in total. The van der Waals surface area contributed by atoms with Crippen LogP contribution in [-0.4, -0.2) is 71.2 Å². The third-order valence-electron chi connectivity index (χ3n) is 5.36. The maximum atomic E-state index is 9.71. The molecule has 2 fully saturated rings. The lowest BCUT2D eigenvalue weighted by Crippen LogP contribution is -2.47. The molecular weight excluding hydrogens is 346 g/mol. The smallest absolute Gasteiger partial charge is 0.193 e. The number of aryl methyl sites for hydroxylation is 1. The van der Waals surface area contributed by atoms with Gasteiger partial charge in [-0.15, -0.1) is 11.3 Å². The normalized spacial score (nSPS) is 21.3. The first-order chi connectivity index (χ1) is 12.6. The van der Waals surface area contributed by atoms with Crippen LogP contribution in [0.25, 0.3) is 0 Å². The monoisotopic (exact) mass is 379 g/mol. The van der Waals surface area contributed by atoms with E-state index in [9.17, 15) is 5.11 Å². The van der Waals surface area contributed by atoms with Gasteiger partial charge >= 0.3 is 0 Å². The molecule has 0 saturated carbocycles. The first-order valence-corrected chi connectivity index (χ1v) is 10.9. The lowest BCUT2D eigenvalue weighted by Gasteiger charge is -2.33. The van der Waals surface area contributed by atoms with E-state index in [4.69, 9.17) is 4.99 Å². The lowest BCUT2D eigenvalue weighted by molar-refractivity contribution is 0.108. The van der Waals surface area contributed by atoms with Gasteiger partial charge in [-0.25, -0.2) is 4.98 Å². The summed E-state index contributed by atoms with van der Waals surface area (Å²) >= 11 is 1.74. The van der Waals surface area contributed by atoms with Gasteiger partial charge < -0.3 is 15.3 Å². The Morgan fingerprint density at radius 3 is 2.62 bits per heavy atom. The standard InChI is InChI=1S/C19H33N5OS/c1-3-20-19(24-10-6-18(25)7-11-24)21-12-16-4-8-23(9-5-16)13-17-14-26-15(2)22-17/h14,16,18,25H,3-13H2,1-2H3,(H,20,21). The summed E-state index contributed by atoms with van der Waals surface area (Å²) in [4.78, 5) is 14.3. The maximum Gasteiger partial charge on any atom is 0.193 e. The number of nitrogens with zero attached hydrogens (tertiary/aromatic N) is 4. The number of aliphatic hydroxyl groups excluding tert-OH is 1. The van der Waals surface area contributed by atoms with Crippen LogP contribution in [0.1, 0.15) is 43.3 Å². The maximum absolute atomic E-state index is 9.71. The molecule has 0 radical (unpaired) electrons. The first kappa shape index (κ1) is 19.6. The third kappa shape index (κ3) is 5.66. The molecule has 1 aromatic rings. The van der Waals surface area contributed by atoms with Gasteiger partial charge in [-0.2, -0.15) is 0 Å². The Morgan fingerprint density at radius 2 is 2.00 bits per heavy atom. The molecule has 2 N–H and O–H groups in total. The topological polar surface area (TPSA) is 64.0 Å². The van der Waals surface area contributed by atoms with E-state index >= 15 is 0 Å². The molecular formula is C19H33N5OS. The van der Waals surface area contributed by atoms with E-state index in [1.165, 1.54) is 18.5 Å². The second-order valence-corrected chi connectivity index (χ2v) is 8.55. The van der Waals surface area contributed by atoms with Crippen molar-refractivity contribution in [1.29, 1.82) is 0 Å². The fraction of sp³-hybridized carbons (Fsp3) is 0.789. The number of rotatable bonds is 5. The second kappa shape index (κ2) is 9.67. The zero-order chi connectivity index (χ0) is 18.4. The van der Waals surface area contributed by atoms with Crippen LogP contribution < -0.4 is 5.32 Å². The molecule has 1 aromatic heterocycles.